The summed E-state index contributed by atoms with van der Waals surface area (Å²) < 4.78 is 54.5. The van der Waals surface area contributed by atoms with Crippen LogP contribution >= 0.6 is 0 Å². The number of benzene rings is 2. The van der Waals surface area contributed by atoms with Gasteiger partial charge >= 0.3 is 12.1 Å². The smallest absolute Gasteiger partial charge is 0.410 e. The van der Waals surface area contributed by atoms with E-state index in [4.69, 9.17) is 9.47 Å². The number of aliphatic hydroxyl groups is 1. The van der Waals surface area contributed by atoms with Crippen LogP contribution in [0.4, 0.5) is 14.9 Å². The Labute approximate surface area is 313 Å². The van der Waals surface area contributed by atoms with Gasteiger partial charge < -0.3 is 29.7 Å². The van der Waals surface area contributed by atoms with Crippen molar-refractivity contribution < 1.29 is 37.0 Å². The number of halogens is 1. The molecule has 0 saturated carbocycles. The molecule has 2 saturated heterocycles. The van der Waals surface area contributed by atoms with Gasteiger partial charge in [-0.2, -0.15) is 4.31 Å². The number of likely N-dealkylation sites (N-methyl/N-ethyl adjacent to an activating group) is 1. The number of sulfonamides is 1. The zero-order chi connectivity index (χ0) is 38.1. The van der Waals surface area contributed by atoms with Crippen LogP contribution in [0, 0.1) is 23.6 Å². The molecule has 0 aromatic heterocycles. The number of rotatable bonds is 8. The highest BCUT2D eigenvalue weighted by Gasteiger charge is 2.31. The number of nitrogens with one attached hydrogen (secondary N) is 1. The number of esters is 1. The maximum absolute atomic E-state index is 14.9. The van der Waals surface area contributed by atoms with Crippen molar-refractivity contribution in [1.29, 1.82) is 0 Å². The Bertz CT molecular complexity index is 1710. The summed E-state index contributed by atoms with van der Waals surface area (Å²) in [5, 5.41) is 14.0. The Kier molecular flexibility index (Phi) is 14.1. The summed E-state index contributed by atoms with van der Waals surface area (Å²) in [5.41, 5.74) is 1.86. The predicted octanol–water partition coefficient (Wildman–Crippen LogP) is 5.78. The molecule has 53 heavy (non-hydrogen) atoms. The van der Waals surface area contributed by atoms with E-state index in [1.54, 1.807) is 41.3 Å². The molecule has 0 spiro atoms. The maximum Gasteiger partial charge on any atom is 0.410 e. The van der Waals surface area contributed by atoms with E-state index in [1.807, 2.05) is 46.0 Å². The highest BCUT2D eigenvalue weighted by Crippen LogP contribution is 2.28. The second-order valence-electron chi connectivity index (χ2n) is 14.9. The minimum Gasteiger partial charge on any atom is -0.457 e. The van der Waals surface area contributed by atoms with Crippen molar-refractivity contribution in [3.63, 3.8) is 0 Å². The van der Waals surface area contributed by atoms with Crippen LogP contribution in [0.1, 0.15) is 58.4 Å². The molecule has 2 aromatic carbocycles. The molecule has 11 nitrogen and oxygen atoms in total. The number of ether oxygens (including phenoxy) is 2. The molecule has 2 aromatic rings. The van der Waals surface area contributed by atoms with Crippen LogP contribution in [0.2, 0.25) is 0 Å². The second kappa shape index (κ2) is 18.5. The number of aliphatic hydroxyl groups excluding tert-OH is 1. The summed E-state index contributed by atoms with van der Waals surface area (Å²) in [7, 11) is -1.51. The molecule has 0 aliphatic carbocycles. The molecule has 3 aliphatic heterocycles. The predicted molar refractivity (Wildman–Crippen MR) is 203 cm³/mol. The lowest BCUT2D eigenvalue weighted by atomic mass is 9.91. The van der Waals surface area contributed by atoms with Crippen LogP contribution < -0.4 is 5.32 Å². The lowest BCUT2D eigenvalue weighted by Crippen LogP contribution is -2.48. The van der Waals surface area contributed by atoms with Crippen LogP contribution in [0.3, 0.4) is 0 Å². The summed E-state index contributed by atoms with van der Waals surface area (Å²) >= 11 is 0. The first kappa shape index (κ1) is 40.4. The number of nitrogens with zero attached hydrogens (tertiary/aromatic N) is 3. The van der Waals surface area contributed by atoms with E-state index in [1.165, 1.54) is 16.4 Å². The molecule has 0 unspecified atom stereocenters. The molecule has 13 heteroatoms. The topological polar surface area (TPSA) is 129 Å². The van der Waals surface area contributed by atoms with E-state index < -0.39 is 40.1 Å². The normalized spacial score (nSPS) is 26.9. The zero-order valence-corrected chi connectivity index (χ0v) is 32.1. The number of piperidine rings is 1. The average molecular weight is 755 g/mol. The molecule has 0 bridgehead atoms. The van der Waals surface area contributed by atoms with Gasteiger partial charge in [0.25, 0.3) is 0 Å². The van der Waals surface area contributed by atoms with E-state index >= 15 is 0 Å². The minimum absolute atomic E-state index is 0.0943. The Morgan fingerprint density at radius 2 is 1.70 bits per heavy atom. The van der Waals surface area contributed by atoms with Crippen LogP contribution in [-0.4, -0.2) is 111 Å². The molecule has 5 atom stereocenters. The van der Waals surface area contributed by atoms with E-state index in [9.17, 15) is 27.5 Å². The Balaban J connectivity index is 1.25. The fourth-order valence-electron chi connectivity index (χ4n) is 7.13. The zero-order valence-electron chi connectivity index (χ0n) is 31.3. The number of carbonyl (C=O) groups excluding carboxylic acids is 2. The Morgan fingerprint density at radius 1 is 1.00 bits per heavy atom. The second-order valence-corrected chi connectivity index (χ2v) is 16.8. The number of cyclic esters (lactones) is 1. The first-order chi connectivity index (χ1) is 25.3. The third-order valence-electron chi connectivity index (χ3n) is 10.6. The van der Waals surface area contributed by atoms with Crippen molar-refractivity contribution >= 4 is 33.8 Å². The summed E-state index contributed by atoms with van der Waals surface area (Å²) in [6, 6.07) is 13.1. The Morgan fingerprint density at radius 3 is 2.40 bits per heavy atom. The fourth-order valence-corrected chi connectivity index (χ4v) is 8.62. The van der Waals surface area contributed by atoms with Gasteiger partial charge in [-0.1, -0.05) is 44.2 Å². The molecule has 0 radical (unpaired) electrons. The first-order valence-electron chi connectivity index (χ1n) is 18.8. The molecule has 1 amide bonds. The van der Waals surface area contributed by atoms with Crippen LogP contribution in [-0.2, 0) is 24.3 Å². The number of piperazine rings is 1. The van der Waals surface area contributed by atoms with Gasteiger partial charge in [0.1, 0.15) is 18.0 Å². The van der Waals surface area contributed by atoms with Gasteiger partial charge in [-0.25, -0.2) is 17.6 Å². The van der Waals surface area contributed by atoms with Crippen molar-refractivity contribution in [2.24, 2.45) is 17.8 Å². The quantitative estimate of drug-likeness (QED) is 0.255. The number of carbonyl (C=O) groups is 2. The van der Waals surface area contributed by atoms with Crippen LogP contribution in [0.5, 0.6) is 0 Å². The third kappa shape index (κ3) is 11.4. The molecular formula is C40H55FN4O7S. The highest BCUT2D eigenvalue weighted by molar-refractivity contribution is 7.89. The number of hydrogen-bond donors (Lipinski definition) is 2. The van der Waals surface area contributed by atoms with Crippen LogP contribution in [0.25, 0.3) is 6.08 Å². The van der Waals surface area contributed by atoms with E-state index in [0.717, 1.165) is 13.1 Å². The van der Waals surface area contributed by atoms with Crippen molar-refractivity contribution in [3.8, 4) is 0 Å². The van der Waals surface area contributed by atoms with Gasteiger partial charge in [0.2, 0.25) is 10.0 Å². The lowest BCUT2D eigenvalue weighted by Gasteiger charge is -2.33. The maximum atomic E-state index is 14.9. The average Bonchev–Trinajstić information content (AvgIpc) is 3.13. The summed E-state index contributed by atoms with van der Waals surface area (Å²) in [5.74, 6) is -1.16. The van der Waals surface area contributed by atoms with Gasteiger partial charge in [-0.3, -0.25) is 4.79 Å². The summed E-state index contributed by atoms with van der Waals surface area (Å²) in [6.07, 6.45) is 5.15. The molecular weight excluding hydrogens is 700 g/mol. The van der Waals surface area contributed by atoms with Crippen LogP contribution in [0.15, 0.2) is 71.2 Å². The highest BCUT2D eigenvalue weighted by atomic mass is 32.2. The van der Waals surface area contributed by atoms with E-state index in [2.05, 4.69) is 10.2 Å². The standard InChI is InChI=1S/C40H55FN4O7S/c1-28-10-12-35(46)26-38(47)52-39(29(2)11-13-37(28)51-40(48)44-20-18-43(4)19-21-44)30(3)22-32-23-33(41)25-34(24-32)42-27-31-14-16-45(17-15-31)53(49,50)36-8-6-5-7-9-36/h5-9,11,13,22-25,28-29,31,35,37,39,42,46H,10,12,14-21,26-27H2,1-4H3/b13-11-,30-22+/t28-,29-,35+,37-,39-/m0/s1. The van der Waals surface area contributed by atoms with Crippen molar-refractivity contribution in [2.45, 2.75) is 76.1 Å². The molecule has 5 rings (SSSR count). The molecule has 2 fully saturated rings. The molecule has 3 aliphatic rings. The number of hydrogen-bond acceptors (Lipinski definition) is 9. The van der Waals surface area contributed by atoms with Crippen molar-refractivity contribution in [1.82, 2.24) is 14.1 Å². The van der Waals surface area contributed by atoms with Gasteiger partial charge in [0, 0.05) is 57.4 Å². The molecule has 290 valence electrons. The SMILES string of the molecule is C/C(=C\c1cc(F)cc(NCC2CCN(S(=O)(=O)c3ccccc3)CC2)c1)[C@H]1OC(=O)C[C@H](O)CC[C@H](C)[C@@H](OC(=O)N2CCN(C)CC2)/C=C\[C@@H]1C. The van der Waals surface area contributed by atoms with Crippen molar-refractivity contribution in [2.75, 3.05) is 58.2 Å². The van der Waals surface area contributed by atoms with Gasteiger partial charge in [0.05, 0.1) is 17.4 Å². The monoisotopic (exact) mass is 754 g/mol. The first-order valence-corrected chi connectivity index (χ1v) is 20.2. The summed E-state index contributed by atoms with van der Waals surface area (Å²) in [4.78, 5) is 30.3. The molecule has 3 heterocycles. The van der Waals surface area contributed by atoms with E-state index in [0.29, 0.717) is 80.1 Å². The largest absolute Gasteiger partial charge is 0.457 e. The fraction of sp³-hybridized carbons (Fsp3) is 0.550. The van der Waals surface area contributed by atoms with Gasteiger partial charge in [-0.05, 0) is 99.0 Å². The van der Waals surface area contributed by atoms with E-state index in [-0.39, 0.29) is 30.3 Å². The number of amides is 1. The molecule has 2 N–H and O–H groups in total. The van der Waals surface area contributed by atoms with Crippen molar-refractivity contribution in [3.05, 3.63) is 77.6 Å². The Hall–Kier alpha value is -3.78. The third-order valence-corrected chi connectivity index (χ3v) is 12.5. The van der Waals surface area contributed by atoms with Gasteiger partial charge in [-0.15, -0.1) is 0 Å². The lowest BCUT2D eigenvalue weighted by molar-refractivity contribution is -0.151. The summed E-state index contributed by atoms with van der Waals surface area (Å²) in [6.45, 7) is 9.85. The van der Waals surface area contributed by atoms with Gasteiger partial charge in [0.15, 0.2) is 0 Å². The minimum atomic E-state index is -3.54. The number of anilines is 1.